The van der Waals surface area contributed by atoms with Crippen LogP contribution in [0.25, 0.3) is 0 Å². The average molecular weight is 233 g/mol. The number of aromatic amines is 1. The van der Waals surface area contributed by atoms with Gasteiger partial charge in [0, 0.05) is 13.6 Å². The molecule has 90 valence electrons. The molecule has 0 unspecified atom stereocenters. The van der Waals surface area contributed by atoms with Crippen LogP contribution < -0.4 is 0 Å². The SMILES string of the molecule is Cn1nncc1CN1CCC[C@H]1c1ncn[nH]1. The van der Waals surface area contributed by atoms with Gasteiger partial charge in [-0.3, -0.25) is 14.7 Å². The second-order valence-corrected chi connectivity index (χ2v) is 4.35. The summed E-state index contributed by atoms with van der Waals surface area (Å²) in [6, 6.07) is 0.340. The normalized spacial score (nSPS) is 21.1. The van der Waals surface area contributed by atoms with Gasteiger partial charge >= 0.3 is 0 Å². The fraction of sp³-hybridized carbons (Fsp3) is 0.600. The third-order valence-corrected chi connectivity index (χ3v) is 3.29. The number of aromatic nitrogens is 6. The lowest BCUT2D eigenvalue weighted by Crippen LogP contribution is -2.24. The van der Waals surface area contributed by atoms with Gasteiger partial charge in [-0.1, -0.05) is 5.21 Å². The van der Waals surface area contributed by atoms with Crippen LogP contribution in [0.4, 0.5) is 0 Å². The van der Waals surface area contributed by atoms with Gasteiger partial charge in [0.25, 0.3) is 0 Å². The van der Waals surface area contributed by atoms with E-state index in [1.54, 1.807) is 6.33 Å². The molecule has 1 saturated heterocycles. The molecule has 3 heterocycles. The monoisotopic (exact) mass is 233 g/mol. The van der Waals surface area contributed by atoms with Gasteiger partial charge in [0.2, 0.25) is 0 Å². The highest BCUT2D eigenvalue weighted by atomic mass is 15.4. The molecule has 0 radical (unpaired) electrons. The molecule has 2 aromatic heterocycles. The molecule has 0 amide bonds. The highest BCUT2D eigenvalue weighted by Gasteiger charge is 2.28. The second-order valence-electron chi connectivity index (χ2n) is 4.35. The van der Waals surface area contributed by atoms with Crippen LogP contribution in [-0.2, 0) is 13.6 Å². The summed E-state index contributed by atoms with van der Waals surface area (Å²) in [4.78, 5) is 6.64. The Labute approximate surface area is 98.8 Å². The Kier molecular flexibility index (Phi) is 2.60. The van der Waals surface area contributed by atoms with E-state index in [1.807, 2.05) is 17.9 Å². The summed E-state index contributed by atoms with van der Waals surface area (Å²) in [5.41, 5.74) is 1.12. The molecule has 1 N–H and O–H groups in total. The summed E-state index contributed by atoms with van der Waals surface area (Å²) >= 11 is 0. The van der Waals surface area contributed by atoms with Crippen molar-refractivity contribution in [2.75, 3.05) is 6.54 Å². The van der Waals surface area contributed by atoms with E-state index in [0.717, 1.165) is 31.0 Å². The van der Waals surface area contributed by atoms with Gasteiger partial charge in [0.1, 0.15) is 12.2 Å². The number of hydrogen-bond donors (Lipinski definition) is 1. The minimum absolute atomic E-state index is 0.340. The standard InChI is InChI=1S/C10H15N7/c1-16-8(5-12-15-16)6-17-4-2-3-9(17)10-11-7-13-14-10/h5,7,9H,2-4,6H2,1H3,(H,11,13,14)/t9-/m0/s1. The van der Waals surface area contributed by atoms with Crippen molar-refractivity contribution in [3.05, 3.63) is 24.0 Å². The highest BCUT2D eigenvalue weighted by molar-refractivity contribution is 5.00. The third-order valence-electron chi connectivity index (χ3n) is 3.29. The van der Waals surface area contributed by atoms with Crippen LogP contribution in [0.1, 0.15) is 30.4 Å². The Morgan fingerprint density at radius 1 is 1.53 bits per heavy atom. The van der Waals surface area contributed by atoms with Gasteiger partial charge < -0.3 is 0 Å². The van der Waals surface area contributed by atoms with Gasteiger partial charge in [-0.2, -0.15) is 5.10 Å². The molecule has 0 bridgehead atoms. The van der Waals surface area contributed by atoms with Gasteiger partial charge in [-0.05, 0) is 19.4 Å². The Balaban J connectivity index is 1.77. The fourth-order valence-corrected chi connectivity index (χ4v) is 2.36. The lowest BCUT2D eigenvalue weighted by atomic mass is 10.2. The predicted molar refractivity (Wildman–Crippen MR) is 59.8 cm³/mol. The minimum atomic E-state index is 0.340. The van der Waals surface area contributed by atoms with Crippen molar-refractivity contribution in [3.63, 3.8) is 0 Å². The fourth-order valence-electron chi connectivity index (χ4n) is 2.36. The second kappa shape index (κ2) is 4.25. The van der Waals surface area contributed by atoms with Crippen molar-refractivity contribution in [1.82, 2.24) is 35.1 Å². The Morgan fingerprint density at radius 2 is 2.47 bits per heavy atom. The largest absolute Gasteiger partial charge is 0.287 e. The molecule has 7 heteroatoms. The van der Waals surface area contributed by atoms with Crippen LogP contribution in [0.2, 0.25) is 0 Å². The van der Waals surface area contributed by atoms with Crippen LogP contribution in [0.3, 0.4) is 0 Å². The van der Waals surface area contributed by atoms with Crippen LogP contribution >= 0.6 is 0 Å². The topological polar surface area (TPSA) is 75.5 Å². The first kappa shape index (κ1) is 10.4. The maximum Gasteiger partial charge on any atom is 0.141 e. The summed E-state index contributed by atoms with van der Waals surface area (Å²) in [6.45, 7) is 1.94. The quantitative estimate of drug-likeness (QED) is 0.823. The van der Waals surface area contributed by atoms with E-state index in [2.05, 4.69) is 30.4 Å². The van der Waals surface area contributed by atoms with E-state index in [4.69, 9.17) is 0 Å². The van der Waals surface area contributed by atoms with Crippen LogP contribution in [-0.4, -0.2) is 41.6 Å². The van der Waals surface area contributed by atoms with E-state index in [1.165, 1.54) is 6.42 Å². The molecule has 1 fully saturated rings. The van der Waals surface area contributed by atoms with Gasteiger partial charge in [0.05, 0.1) is 17.9 Å². The van der Waals surface area contributed by atoms with Crippen molar-refractivity contribution in [2.45, 2.75) is 25.4 Å². The molecular formula is C10H15N7. The van der Waals surface area contributed by atoms with Gasteiger partial charge in [-0.25, -0.2) is 4.98 Å². The first-order valence-electron chi connectivity index (χ1n) is 5.77. The molecular weight excluding hydrogens is 218 g/mol. The summed E-state index contributed by atoms with van der Waals surface area (Å²) in [6.07, 6.45) is 5.70. The Hall–Kier alpha value is -1.76. The van der Waals surface area contributed by atoms with Gasteiger partial charge in [0.15, 0.2) is 0 Å². The van der Waals surface area contributed by atoms with E-state index in [0.29, 0.717) is 6.04 Å². The van der Waals surface area contributed by atoms with Crippen molar-refractivity contribution >= 4 is 0 Å². The first-order valence-corrected chi connectivity index (χ1v) is 5.77. The number of nitrogens with zero attached hydrogens (tertiary/aromatic N) is 6. The van der Waals surface area contributed by atoms with E-state index < -0.39 is 0 Å². The number of H-pyrrole nitrogens is 1. The van der Waals surface area contributed by atoms with Crippen molar-refractivity contribution in [1.29, 1.82) is 0 Å². The number of likely N-dealkylation sites (tertiary alicyclic amines) is 1. The molecule has 17 heavy (non-hydrogen) atoms. The number of rotatable bonds is 3. The predicted octanol–water partition coefficient (Wildman–Crippen LogP) is 0.270. The summed E-state index contributed by atoms with van der Waals surface area (Å²) in [5.74, 6) is 0.956. The number of aryl methyl sites for hydroxylation is 1. The molecule has 0 aliphatic carbocycles. The zero-order valence-corrected chi connectivity index (χ0v) is 9.74. The average Bonchev–Trinajstić information content (AvgIpc) is 3.02. The third kappa shape index (κ3) is 1.93. The first-order chi connectivity index (χ1) is 8.34. The molecule has 1 atom stereocenters. The smallest absolute Gasteiger partial charge is 0.141 e. The summed E-state index contributed by atoms with van der Waals surface area (Å²) in [7, 11) is 1.92. The van der Waals surface area contributed by atoms with E-state index >= 15 is 0 Å². The molecule has 1 aliphatic heterocycles. The number of nitrogens with one attached hydrogen (secondary N) is 1. The summed E-state index contributed by atoms with van der Waals surface area (Å²) in [5, 5.41) is 14.7. The van der Waals surface area contributed by atoms with Crippen LogP contribution in [0.5, 0.6) is 0 Å². The van der Waals surface area contributed by atoms with Crippen molar-refractivity contribution in [2.24, 2.45) is 7.05 Å². The van der Waals surface area contributed by atoms with Crippen molar-refractivity contribution < 1.29 is 0 Å². The Morgan fingerprint density at radius 3 is 3.18 bits per heavy atom. The maximum atomic E-state index is 4.25. The molecule has 1 aliphatic rings. The molecule has 0 spiro atoms. The summed E-state index contributed by atoms with van der Waals surface area (Å²) < 4.78 is 1.82. The van der Waals surface area contributed by atoms with Crippen LogP contribution in [0.15, 0.2) is 12.5 Å². The van der Waals surface area contributed by atoms with E-state index in [9.17, 15) is 0 Å². The zero-order chi connectivity index (χ0) is 11.7. The molecule has 2 aromatic rings. The zero-order valence-electron chi connectivity index (χ0n) is 9.74. The highest BCUT2D eigenvalue weighted by Crippen LogP contribution is 2.30. The van der Waals surface area contributed by atoms with Gasteiger partial charge in [-0.15, -0.1) is 5.10 Å². The molecule has 7 nitrogen and oxygen atoms in total. The molecule has 0 saturated carbocycles. The van der Waals surface area contributed by atoms with E-state index in [-0.39, 0.29) is 0 Å². The number of hydrogen-bond acceptors (Lipinski definition) is 5. The Bertz CT molecular complexity index is 475. The molecule has 3 rings (SSSR count). The van der Waals surface area contributed by atoms with Crippen LogP contribution in [0, 0.1) is 0 Å². The minimum Gasteiger partial charge on any atom is -0.287 e. The molecule has 0 aromatic carbocycles. The lowest BCUT2D eigenvalue weighted by molar-refractivity contribution is 0.234. The van der Waals surface area contributed by atoms with Crippen molar-refractivity contribution in [3.8, 4) is 0 Å². The lowest BCUT2D eigenvalue weighted by Gasteiger charge is -2.21. The maximum absolute atomic E-state index is 4.25.